The number of amides is 1. The highest BCUT2D eigenvalue weighted by Crippen LogP contribution is 2.40. The van der Waals surface area contributed by atoms with Gasteiger partial charge in [0.15, 0.2) is 11.5 Å². The molecule has 1 heterocycles. The quantitative estimate of drug-likeness (QED) is 0.862. The number of guanidine groups is 1. The van der Waals surface area contributed by atoms with Crippen molar-refractivity contribution in [1.29, 1.82) is 0 Å². The van der Waals surface area contributed by atoms with Gasteiger partial charge in [-0.25, -0.2) is 4.99 Å². The number of phenols is 1. The van der Waals surface area contributed by atoms with Crippen molar-refractivity contribution in [2.75, 3.05) is 7.05 Å². The van der Waals surface area contributed by atoms with Crippen LogP contribution in [0.15, 0.2) is 58.0 Å². The minimum Gasteiger partial charge on any atom is -0.508 e. The molecule has 5 nitrogen and oxygen atoms in total. The van der Waals surface area contributed by atoms with Crippen LogP contribution >= 0.6 is 15.9 Å². The monoisotopic (exact) mass is 359 g/mol. The van der Waals surface area contributed by atoms with Gasteiger partial charge in [-0.1, -0.05) is 40.2 Å². The summed E-state index contributed by atoms with van der Waals surface area (Å²) >= 11 is 3.42. The molecule has 1 unspecified atom stereocenters. The molecule has 0 aliphatic carbocycles. The molecule has 3 N–H and O–H groups in total. The number of benzene rings is 2. The molecule has 1 amide bonds. The highest BCUT2D eigenvalue weighted by Gasteiger charge is 2.49. The first-order chi connectivity index (χ1) is 10.4. The Kier molecular flexibility index (Phi) is 3.41. The molecule has 1 atom stereocenters. The number of nitrogens with two attached hydrogens (primary N) is 1. The Morgan fingerprint density at radius 3 is 2.36 bits per heavy atom. The molecule has 22 heavy (non-hydrogen) atoms. The second-order valence-corrected chi connectivity index (χ2v) is 6.02. The summed E-state index contributed by atoms with van der Waals surface area (Å²) in [5.74, 6) is -0.0370. The topological polar surface area (TPSA) is 78.9 Å². The Balaban J connectivity index is 2.31. The molecule has 1 aliphatic rings. The summed E-state index contributed by atoms with van der Waals surface area (Å²) in [4.78, 5) is 18.7. The number of aromatic hydroxyl groups is 1. The van der Waals surface area contributed by atoms with Crippen LogP contribution in [0.25, 0.3) is 0 Å². The van der Waals surface area contributed by atoms with E-state index >= 15 is 0 Å². The maximum Gasteiger partial charge on any atom is 0.266 e. The third-order valence-corrected chi connectivity index (χ3v) is 4.24. The van der Waals surface area contributed by atoms with Crippen LogP contribution in [0.2, 0.25) is 0 Å². The van der Waals surface area contributed by atoms with Gasteiger partial charge in [0.2, 0.25) is 0 Å². The molecule has 3 rings (SSSR count). The van der Waals surface area contributed by atoms with Crippen molar-refractivity contribution in [3.63, 3.8) is 0 Å². The van der Waals surface area contributed by atoms with Crippen LogP contribution in [0.4, 0.5) is 0 Å². The number of nitrogens with zero attached hydrogens (tertiary/aromatic N) is 2. The van der Waals surface area contributed by atoms with Crippen molar-refractivity contribution in [2.45, 2.75) is 5.54 Å². The molecule has 0 spiro atoms. The van der Waals surface area contributed by atoms with Crippen molar-refractivity contribution in [1.82, 2.24) is 4.90 Å². The molecular formula is C16H14BrN3O2. The molecule has 2 aromatic carbocycles. The second kappa shape index (κ2) is 5.14. The minimum absolute atomic E-state index is 0.0722. The average molecular weight is 360 g/mol. The van der Waals surface area contributed by atoms with Gasteiger partial charge in [0.05, 0.1) is 0 Å². The molecule has 0 saturated heterocycles. The molecule has 0 aromatic heterocycles. The van der Waals surface area contributed by atoms with Crippen molar-refractivity contribution in [3.8, 4) is 5.75 Å². The van der Waals surface area contributed by atoms with Gasteiger partial charge in [0.25, 0.3) is 5.91 Å². The van der Waals surface area contributed by atoms with Gasteiger partial charge < -0.3 is 10.8 Å². The van der Waals surface area contributed by atoms with E-state index in [1.807, 2.05) is 24.3 Å². The number of hydrogen-bond donors (Lipinski definition) is 2. The number of rotatable bonds is 2. The Morgan fingerprint density at radius 1 is 1.18 bits per heavy atom. The number of carbonyl (C=O) groups is 1. The number of carbonyl (C=O) groups excluding carboxylic acids is 1. The Morgan fingerprint density at radius 2 is 1.82 bits per heavy atom. The Bertz CT molecular complexity index is 743. The highest BCUT2D eigenvalue weighted by atomic mass is 79.9. The van der Waals surface area contributed by atoms with E-state index in [0.29, 0.717) is 11.1 Å². The lowest BCUT2D eigenvalue weighted by atomic mass is 9.83. The molecular weight excluding hydrogens is 346 g/mol. The van der Waals surface area contributed by atoms with Crippen LogP contribution in [-0.4, -0.2) is 28.9 Å². The zero-order valence-electron chi connectivity index (χ0n) is 11.8. The van der Waals surface area contributed by atoms with Crippen molar-refractivity contribution in [3.05, 3.63) is 64.1 Å². The summed E-state index contributed by atoms with van der Waals surface area (Å²) in [6.07, 6.45) is 0. The molecule has 0 radical (unpaired) electrons. The highest BCUT2D eigenvalue weighted by molar-refractivity contribution is 9.10. The summed E-state index contributed by atoms with van der Waals surface area (Å²) < 4.78 is 0.834. The molecule has 0 fully saturated rings. The lowest BCUT2D eigenvalue weighted by molar-refractivity contribution is -0.129. The van der Waals surface area contributed by atoms with Crippen LogP contribution in [0, 0.1) is 0 Å². The van der Waals surface area contributed by atoms with E-state index in [2.05, 4.69) is 20.9 Å². The SMILES string of the molecule is CN1C(=O)C(c2cccc(O)c2)(c2cccc(Br)c2)N=C1N. The Labute approximate surface area is 136 Å². The fourth-order valence-electron chi connectivity index (χ4n) is 2.63. The molecule has 2 aromatic rings. The van der Waals surface area contributed by atoms with E-state index in [1.54, 1.807) is 25.2 Å². The standard InChI is InChI=1S/C16H14BrN3O2/c1-20-14(22)16(19-15(20)18,10-4-2-6-12(17)8-10)11-5-3-7-13(21)9-11/h2-9,21H,1H3,(H2,18,19). The van der Waals surface area contributed by atoms with Crippen LogP contribution in [0.5, 0.6) is 5.75 Å². The van der Waals surface area contributed by atoms with E-state index in [-0.39, 0.29) is 17.6 Å². The van der Waals surface area contributed by atoms with Gasteiger partial charge in [-0.05, 0) is 35.4 Å². The summed E-state index contributed by atoms with van der Waals surface area (Å²) in [5, 5.41) is 9.79. The minimum atomic E-state index is -1.28. The van der Waals surface area contributed by atoms with Gasteiger partial charge in [-0.15, -0.1) is 0 Å². The lowest BCUT2D eigenvalue weighted by Crippen LogP contribution is -2.41. The molecule has 0 bridgehead atoms. The largest absolute Gasteiger partial charge is 0.508 e. The van der Waals surface area contributed by atoms with Crippen LogP contribution < -0.4 is 5.73 Å². The van der Waals surface area contributed by atoms with Crippen molar-refractivity contribution >= 4 is 27.8 Å². The van der Waals surface area contributed by atoms with Crippen LogP contribution in [-0.2, 0) is 10.3 Å². The van der Waals surface area contributed by atoms with Gasteiger partial charge >= 0.3 is 0 Å². The number of likely N-dealkylation sites (N-methyl/N-ethyl adjacent to an activating group) is 1. The van der Waals surface area contributed by atoms with Crippen LogP contribution in [0.3, 0.4) is 0 Å². The predicted octanol–water partition coefficient (Wildman–Crippen LogP) is 2.19. The van der Waals surface area contributed by atoms with E-state index in [1.165, 1.54) is 11.0 Å². The smallest absolute Gasteiger partial charge is 0.266 e. The first-order valence-corrected chi connectivity index (χ1v) is 7.43. The summed E-state index contributed by atoms with van der Waals surface area (Å²) in [6.45, 7) is 0. The maximum absolute atomic E-state index is 12.9. The molecule has 1 aliphatic heterocycles. The normalized spacial score (nSPS) is 21.1. The predicted molar refractivity (Wildman–Crippen MR) is 87.4 cm³/mol. The van der Waals surface area contributed by atoms with E-state index in [9.17, 15) is 9.90 Å². The van der Waals surface area contributed by atoms with Gasteiger partial charge in [-0.3, -0.25) is 9.69 Å². The summed E-state index contributed by atoms with van der Waals surface area (Å²) in [5.41, 5.74) is 5.86. The van der Waals surface area contributed by atoms with Gasteiger partial charge in [-0.2, -0.15) is 0 Å². The summed E-state index contributed by atoms with van der Waals surface area (Å²) in [7, 11) is 1.59. The first-order valence-electron chi connectivity index (χ1n) is 6.64. The van der Waals surface area contributed by atoms with E-state index in [0.717, 1.165) is 4.47 Å². The van der Waals surface area contributed by atoms with E-state index < -0.39 is 5.54 Å². The summed E-state index contributed by atoms with van der Waals surface area (Å²) in [6, 6.07) is 13.9. The third kappa shape index (κ3) is 2.07. The Hall–Kier alpha value is -2.34. The van der Waals surface area contributed by atoms with Gasteiger partial charge in [0.1, 0.15) is 5.75 Å². The average Bonchev–Trinajstić information content (AvgIpc) is 2.72. The number of aliphatic imine (C=N–C) groups is 1. The number of hydrogen-bond acceptors (Lipinski definition) is 4. The lowest BCUT2D eigenvalue weighted by Gasteiger charge is -2.26. The number of phenolic OH excluding ortho intramolecular Hbond substituents is 1. The van der Waals surface area contributed by atoms with Gasteiger partial charge in [0, 0.05) is 11.5 Å². The fourth-order valence-corrected chi connectivity index (χ4v) is 3.03. The van der Waals surface area contributed by atoms with Crippen molar-refractivity contribution in [2.24, 2.45) is 10.7 Å². The third-order valence-electron chi connectivity index (χ3n) is 3.75. The zero-order chi connectivity index (χ0) is 15.9. The van der Waals surface area contributed by atoms with E-state index in [4.69, 9.17) is 5.73 Å². The first kappa shape index (κ1) is 14.6. The fraction of sp³-hybridized carbons (Fsp3) is 0.125. The zero-order valence-corrected chi connectivity index (χ0v) is 13.4. The second-order valence-electron chi connectivity index (χ2n) is 5.11. The number of halogens is 1. The van der Waals surface area contributed by atoms with Crippen molar-refractivity contribution < 1.29 is 9.90 Å². The van der Waals surface area contributed by atoms with Crippen LogP contribution in [0.1, 0.15) is 11.1 Å². The molecule has 112 valence electrons. The molecule has 6 heteroatoms. The molecule has 0 saturated carbocycles. The maximum atomic E-state index is 12.9.